The number of rotatable bonds is 4. The average Bonchev–Trinajstić information content (AvgIpc) is 3.21. The Morgan fingerprint density at radius 2 is 2.09 bits per heavy atom. The van der Waals surface area contributed by atoms with Crippen molar-refractivity contribution in [2.24, 2.45) is 7.05 Å². The Balaban J connectivity index is 1.50. The number of halogens is 2. The number of alkyl halides is 2. The maximum Gasteiger partial charge on any atom is 0.388 e. The van der Waals surface area contributed by atoms with Crippen LogP contribution in [0.25, 0.3) is 21.8 Å². The largest absolute Gasteiger partial charge is 0.415 e. The lowest BCUT2D eigenvalue weighted by Gasteiger charge is -2.35. The Morgan fingerprint density at radius 3 is 2.85 bits per heavy atom. The molecule has 0 aliphatic carbocycles. The van der Waals surface area contributed by atoms with Crippen molar-refractivity contribution >= 4 is 33.5 Å². The van der Waals surface area contributed by atoms with Crippen LogP contribution in [0.1, 0.15) is 22.1 Å². The molecule has 2 N–H and O–H groups in total. The molecule has 4 heterocycles. The lowest BCUT2D eigenvalue weighted by Crippen LogP contribution is -2.43. The van der Waals surface area contributed by atoms with Gasteiger partial charge in [0.25, 0.3) is 5.91 Å². The monoisotopic (exact) mass is 455 g/mol. The molecule has 3 aromatic heterocycles. The number of carbonyl (C=O) groups excluding carboxylic acids is 1. The Bertz CT molecular complexity index is 1340. The second-order valence-corrected chi connectivity index (χ2v) is 7.52. The van der Waals surface area contributed by atoms with Crippen LogP contribution in [0.2, 0.25) is 0 Å². The summed E-state index contributed by atoms with van der Waals surface area (Å²) < 4.78 is 36.3. The maximum absolute atomic E-state index is 13.5. The van der Waals surface area contributed by atoms with E-state index in [4.69, 9.17) is 10.5 Å². The molecule has 1 fully saturated rings. The summed E-state index contributed by atoms with van der Waals surface area (Å²) in [6, 6.07) is 7.46. The molecule has 0 bridgehead atoms. The molecular weight excluding hydrogens is 436 g/mol. The van der Waals surface area contributed by atoms with Gasteiger partial charge >= 0.3 is 6.61 Å². The molecule has 0 unspecified atom stereocenters. The number of aromatic nitrogens is 5. The molecule has 1 amide bonds. The molecule has 1 aliphatic heterocycles. The number of morpholine rings is 1. The Kier molecular flexibility index (Phi) is 5.21. The minimum absolute atomic E-state index is 0.202. The minimum Gasteiger partial charge on any atom is -0.415 e. The number of nitrogen functional groups attached to an aromatic ring is 1. The number of nitrogens with two attached hydrogens (primary N) is 1. The van der Waals surface area contributed by atoms with Crippen molar-refractivity contribution in [2.45, 2.75) is 12.7 Å². The van der Waals surface area contributed by atoms with Gasteiger partial charge in [-0.3, -0.25) is 9.48 Å². The van der Waals surface area contributed by atoms with E-state index in [1.54, 1.807) is 41.0 Å². The third-order valence-electron chi connectivity index (χ3n) is 5.56. The standard InChI is InChI=1S/C21H19F2N7O3/c1-29-18-12-8-11(2-3-14(12)26-19(24)13(18)9-25-29)20(31)30-6-7-32-10-16(30)15-4-5-17(28-27-15)33-21(22)23/h2-5,8-9,16,21H,6-7,10H2,1H3,(H2,24,26)/t16-/m1/s1. The first-order valence-corrected chi connectivity index (χ1v) is 10.1. The summed E-state index contributed by atoms with van der Waals surface area (Å²) in [4.78, 5) is 19.5. The van der Waals surface area contributed by atoms with Crippen LogP contribution >= 0.6 is 0 Å². The lowest BCUT2D eigenvalue weighted by molar-refractivity contribution is -0.0536. The highest BCUT2D eigenvalue weighted by Gasteiger charge is 2.31. The molecule has 5 rings (SSSR count). The zero-order valence-electron chi connectivity index (χ0n) is 17.5. The molecule has 0 spiro atoms. The zero-order valence-corrected chi connectivity index (χ0v) is 17.5. The molecule has 12 heteroatoms. The van der Waals surface area contributed by atoms with Gasteiger partial charge in [-0.1, -0.05) is 0 Å². The van der Waals surface area contributed by atoms with Gasteiger partial charge in [0.1, 0.15) is 5.82 Å². The second kappa shape index (κ2) is 8.20. The van der Waals surface area contributed by atoms with Crippen molar-refractivity contribution in [2.75, 3.05) is 25.5 Å². The number of nitrogens with zero attached hydrogens (tertiary/aromatic N) is 6. The molecule has 1 saturated heterocycles. The van der Waals surface area contributed by atoms with Gasteiger partial charge in [0.2, 0.25) is 5.88 Å². The molecule has 10 nitrogen and oxygen atoms in total. The minimum atomic E-state index is -3.00. The van der Waals surface area contributed by atoms with Crippen LogP contribution in [-0.2, 0) is 11.8 Å². The SMILES string of the molecule is Cn1ncc2c(N)nc3ccc(C(=O)N4CCOC[C@@H]4c4ccc(OC(F)F)nn4)cc3c21. The topological polar surface area (TPSA) is 121 Å². The van der Waals surface area contributed by atoms with Gasteiger partial charge in [-0.2, -0.15) is 13.9 Å². The molecule has 0 saturated carbocycles. The molecular formula is C21H19F2N7O3. The third-order valence-corrected chi connectivity index (χ3v) is 5.56. The third kappa shape index (κ3) is 3.78. The first kappa shape index (κ1) is 20.9. The van der Waals surface area contributed by atoms with E-state index in [1.165, 1.54) is 12.1 Å². The van der Waals surface area contributed by atoms with Crippen molar-refractivity contribution in [1.29, 1.82) is 0 Å². The van der Waals surface area contributed by atoms with Crippen LogP contribution in [0.3, 0.4) is 0 Å². The van der Waals surface area contributed by atoms with Crippen molar-refractivity contribution in [1.82, 2.24) is 29.9 Å². The molecule has 4 aromatic rings. The fraction of sp³-hybridized carbons (Fsp3) is 0.286. The Labute approximate surface area is 185 Å². The number of hydrogen-bond acceptors (Lipinski definition) is 8. The predicted molar refractivity (Wildman–Crippen MR) is 114 cm³/mol. The quantitative estimate of drug-likeness (QED) is 0.498. The highest BCUT2D eigenvalue weighted by Crippen LogP contribution is 2.30. The predicted octanol–water partition coefficient (Wildman–Crippen LogP) is 2.31. The van der Waals surface area contributed by atoms with E-state index in [1.807, 2.05) is 0 Å². The highest BCUT2D eigenvalue weighted by molar-refractivity contribution is 6.10. The lowest BCUT2D eigenvalue weighted by atomic mass is 10.1. The van der Waals surface area contributed by atoms with E-state index in [0.29, 0.717) is 41.1 Å². The summed E-state index contributed by atoms with van der Waals surface area (Å²) in [5, 5.41) is 13.4. The number of pyridine rings is 1. The van der Waals surface area contributed by atoms with E-state index in [-0.39, 0.29) is 18.4 Å². The first-order chi connectivity index (χ1) is 15.9. The molecule has 1 aromatic carbocycles. The average molecular weight is 455 g/mol. The summed E-state index contributed by atoms with van der Waals surface area (Å²) in [5.41, 5.74) is 8.35. The van der Waals surface area contributed by atoms with Crippen molar-refractivity contribution < 1.29 is 23.0 Å². The van der Waals surface area contributed by atoms with Crippen LogP contribution in [0.4, 0.5) is 14.6 Å². The summed E-state index contributed by atoms with van der Waals surface area (Å²) in [6.45, 7) is -2.10. The van der Waals surface area contributed by atoms with Gasteiger partial charge in [0, 0.05) is 30.6 Å². The zero-order chi connectivity index (χ0) is 23.1. The number of benzene rings is 1. The number of carbonyl (C=O) groups is 1. The van der Waals surface area contributed by atoms with Gasteiger partial charge in [-0.05, 0) is 24.3 Å². The van der Waals surface area contributed by atoms with E-state index in [0.717, 1.165) is 10.9 Å². The fourth-order valence-electron chi connectivity index (χ4n) is 4.01. The molecule has 0 radical (unpaired) electrons. The number of ether oxygens (including phenoxy) is 2. The van der Waals surface area contributed by atoms with E-state index >= 15 is 0 Å². The Morgan fingerprint density at radius 1 is 1.24 bits per heavy atom. The van der Waals surface area contributed by atoms with Gasteiger partial charge in [-0.25, -0.2) is 4.98 Å². The van der Waals surface area contributed by atoms with Gasteiger partial charge in [0.15, 0.2) is 0 Å². The number of fused-ring (bicyclic) bond motifs is 3. The Hall–Kier alpha value is -3.93. The number of aryl methyl sites for hydroxylation is 1. The van der Waals surface area contributed by atoms with Gasteiger partial charge in [0.05, 0.1) is 47.6 Å². The number of amides is 1. The summed E-state index contributed by atoms with van der Waals surface area (Å²) in [7, 11) is 1.80. The van der Waals surface area contributed by atoms with Crippen LogP contribution in [-0.4, -0.2) is 62.1 Å². The normalized spacial score (nSPS) is 16.6. The maximum atomic E-state index is 13.5. The summed E-state index contributed by atoms with van der Waals surface area (Å²) in [6.07, 6.45) is 1.64. The second-order valence-electron chi connectivity index (χ2n) is 7.52. The van der Waals surface area contributed by atoms with Crippen LogP contribution < -0.4 is 10.5 Å². The van der Waals surface area contributed by atoms with Gasteiger partial charge < -0.3 is 20.1 Å². The van der Waals surface area contributed by atoms with E-state index in [2.05, 4.69) is 25.0 Å². The summed E-state index contributed by atoms with van der Waals surface area (Å²) in [5.74, 6) is -0.160. The molecule has 1 atom stereocenters. The van der Waals surface area contributed by atoms with Gasteiger partial charge in [-0.15, -0.1) is 10.2 Å². The smallest absolute Gasteiger partial charge is 0.388 e. The highest BCUT2D eigenvalue weighted by atomic mass is 19.3. The van der Waals surface area contributed by atoms with Crippen LogP contribution in [0.5, 0.6) is 5.88 Å². The van der Waals surface area contributed by atoms with Crippen LogP contribution in [0.15, 0.2) is 36.5 Å². The molecule has 170 valence electrons. The number of anilines is 1. The van der Waals surface area contributed by atoms with E-state index in [9.17, 15) is 13.6 Å². The fourth-order valence-corrected chi connectivity index (χ4v) is 4.01. The summed E-state index contributed by atoms with van der Waals surface area (Å²) >= 11 is 0. The van der Waals surface area contributed by atoms with E-state index < -0.39 is 12.7 Å². The van der Waals surface area contributed by atoms with Crippen LogP contribution in [0, 0.1) is 0 Å². The van der Waals surface area contributed by atoms with Crippen molar-refractivity contribution in [3.8, 4) is 5.88 Å². The number of hydrogen-bond donors (Lipinski definition) is 1. The van der Waals surface area contributed by atoms with Crippen molar-refractivity contribution in [3.63, 3.8) is 0 Å². The molecule has 1 aliphatic rings. The van der Waals surface area contributed by atoms with Crippen molar-refractivity contribution in [3.05, 3.63) is 47.8 Å². The molecule has 33 heavy (non-hydrogen) atoms. The first-order valence-electron chi connectivity index (χ1n) is 10.1.